The Morgan fingerprint density at radius 1 is 1.44 bits per heavy atom. The summed E-state index contributed by atoms with van der Waals surface area (Å²) in [5, 5.41) is 3.37. The number of alkyl halides is 2. The summed E-state index contributed by atoms with van der Waals surface area (Å²) in [5.41, 5.74) is 0.162. The molecule has 1 aliphatic carbocycles. The van der Waals surface area contributed by atoms with Crippen LogP contribution in [0.3, 0.4) is 0 Å². The van der Waals surface area contributed by atoms with Crippen LogP contribution in [-0.4, -0.2) is 15.2 Å². The third-order valence-corrected chi connectivity index (χ3v) is 5.33. The predicted octanol–water partition coefficient (Wildman–Crippen LogP) is 3.82. The summed E-state index contributed by atoms with van der Waals surface area (Å²) in [4.78, 5) is 16.4. The summed E-state index contributed by atoms with van der Waals surface area (Å²) in [5.74, 6) is -0.174. The van der Waals surface area contributed by atoms with Crippen molar-refractivity contribution in [3.8, 4) is 0 Å². The minimum atomic E-state index is -0.951. The molecule has 0 aliphatic heterocycles. The molecule has 6 heteroatoms. The highest BCUT2D eigenvalue weighted by Gasteiger charge is 2.68. The number of nitrogens with zero attached hydrogens (tertiary/aromatic N) is 1. The number of fused-ring (bicyclic) bond motifs is 1. The number of hydrogen-bond acceptors (Lipinski definition) is 3. The molecule has 1 N–H and O–H groups in total. The van der Waals surface area contributed by atoms with E-state index >= 15 is 0 Å². The second kappa shape index (κ2) is 3.83. The van der Waals surface area contributed by atoms with Gasteiger partial charge in [0.15, 0.2) is 5.13 Å². The number of rotatable bonds is 2. The average Bonchev–Trinajstić information content (AvgIpc) is 2.69. The van der Waals surface area contributed by atoms with Crippen molar-refractivity contribution in [2.75, 3.05) is 5.32 Å². The van der Waals surface area contributed by atoms with E-state index in [1.165, 1.54) is 11.3 Å². The van der Waals surface area contributed by atoms with Crippen molar-refractivity contribution >= 4 is 55.8 Å². The zero-order valence-electron chi connectivity index (χ0n) is 9.54. The van der Waals surface area contributed by atoms with Gasteiger partial charge in [-0.15, -0.1) is 23.2 Å². The van der Waals surface area contributed by atoms with Gasteiger partial charge in [-0.2, -0.15) is 0 Å². The van der Waals surface area contributed by atoms with E-state index in [0.29, 0.717) is 11.6 Å². The molecule has 1 saturated carbocycles. The van der Waals surface area contributed by atoms with E-state index in [1.54, 1.807) is 6.92 Å². The molecular weight excluding hydrogens is 291 g/mol. The lowest BCUT2D eigenvalue weighted by Gasteiger charge is -2.10. The zero-order chi connectivity index (χ0) is 13.0. The number of carbonyl (C=O) groups is 1. The maximum absolute atomic E-state index is 12.1. The number of amides is 1. The Morgan fingerprint density at radius 3 is 2.72 bits per heavy atom. The highest BCUT2D eigenvalue weighted by Crippen LogP contribution is 2.64. The molecule has 1 aliphatic rings. The second-order valence-corrected chi connectivity index (χ2v) is 7.17. The lowest BCUT2D eigenvalue weighted by Crippen LogP contribution is -2.25. The summed E-state index contributed by atoms with van der Waals surface area (Å²) in [7, 11) is 0. The van der Waals surface area contributed by atoms with Crippen LogP contribution in [0.5, 0.6) is 0 Å². The number of anilines is 1. The van der Waals surface area contributed by atoms with E-state index in [9.17, 15) is 4.79 Å². The first-order chi connectivity index (χ1) is 8.42. The molecule has 0 saturated heterocycles. The third kappa shape index (κ3) is 1.79. The van der Waals surface area contributed by atoms with Crippen LogP contribution in [0.25, 0.3) is 10.2 Å². The summed E-state index contributed by atoms with van der Waals surface area (Å²) >= 11 is 13.4. The maximum Gasteiger partial charge on any atom is 0.235 e. The number of aromatic nitrogens is 1. The van der Waals surface area contributed by atoms with Gasteiger partial charge in [0.05, 0.1) is 15.6 Å². The first-order valence-electron chi connectivity index (χ1n) is 5.47. The first-order valence-corrected chi connectivity index (χ1v) is 7.04. The molecule has 1 aromatic carbocycles. The molecular formula is C12H10Cl2N2OS. The van der Waals surface area contributed by atoms with Crippen molar-refractivity contribution < 1.29 is 4.79 Å². The number of benzene rings is 1. The Morgan fingerprint density at radius 2 is 2.11 bits per heavy atom. The Hall–Kier alpha value is -0.840. The lowest BCUT2D eigenvalue weighted by molar-refractivity contribution is -0.120. The number of thiazole rings is 1. The van der Waals surface area contributed by atoms with Gasteiger partial charge >= 0.3 is 0 Å². The molecule has 1 fully saturated rings. The molecule has 1 aromatic heterocycles. The van der Waals surface area contributed by atoms with Gasteiger partial charge in [0.1, 0.15) is 4.33 Å². The smallest absolute Gasteiger partial charge is 0.235 e. The van der Waals surface area contributed by atoms with E-state index in [-0.39, 0.29) is 5.91 Å². The second-order valence-electron chi connectivity index (χ2n) is 4.65. The minimum absolute atomic E-state index is 0.174. The molecule has 0 spiro atoms. The molecule has 0 bridgehead atoms. The molecule has 1 heterocycles. The van der Waals surface area contributed by atoms with Gasteiger partial charge in [-0.1, -0.05) is 23.5 Å². The molecule has 1 amide bonds. The summed E-state index contributed by atoms with van der Waals surface area (Å²) in [6.07, 6.45) is 0.472. The van der Waals surface area contributed by atoms with Gasteiger partial charge in [0, 0.05) is 0 Å². The van der Waals surface area contributed by atoms with Crippen LogP contribution in [-0.2, 0) is 4.79 Å². The van der Waals surface area contributed by atoms with Gasteiger partial charge in [0.25, 0.3) is 0 Å². The third-order valence-electron chi connectivity index (χ3n) is 3.27. The molecule has 3 rings (SSSR count). The molecule has 3 nitrogen and oxygen atoms in total. The van der Waals surface area contributed by atoms with Crippen LogP contribution in [0.2, 0.25) is 0 Å². The number of halogens is 2. The van der Waals surface area contributed by atoms with Gasteiger partial charge in [-0.05, 0) is 25.5 Å². The summed E-state index contributed by atoms with van der Waals surface area (Å²) in [6.45, 7) is 1.76. The monoisotopic (exact) mass is 300 g/mol. The summed E-state index contributed by atoms with van der Waals surface area (Å²) in [6, 6.07) is 7.73. The Labute approximate surface area is 118 Å². The Kier molecular flexibility index (Phi) is 2.59. The normalized spacial score (nSPS) is 25.1. The van der Waals surface area contributed by atoms with Crippen LogP contribution >= 0.6 is 34.5 Å². The SMILES string of the molecule is CC1(C(=O)Nc2nc3ccccc3s2)CC1(Cl)Cl. The van der Waals surface area contributed by atoms with Crippen LogP contribution in [0.1, 0.15) is 13.3 Å². The van der Waals surface area contributed by atoms with E-state index in [2.05, 4.69) is 10.3 Å². The fourth-order valence-electron chi connectivity index (χ4n) is 1.81. The van der Waals surface area contributed by atoms with Crippen LogP contribution in [0.15, 0.2) is 24.3 Å². The number of carbonyl (C=O) groups excluding carboxylic acids is 1. The number of para-hydroxylation sites is 1. The van der Waals surface area contributed by atoms with Crippen molar-refractivity contribution in [1.29, 1.82) is 0 Å². The predicted molar refractivity (Wildman–Crippen MR) is 75.4 cm³/mol. The molecule has 1 atom stereocenters. The van der Waals surface area contributed by atoms with E-state index in [4.69, 9.17) is 23.2 Å². The minimum Gasteiger partial charge on any atom is -0.301 e. The fourth-order valence-corrected chi connectivity index (χ4v) is 3.37. The van der Waals surface area contributed by atoms with Crippen molar-refractivity contribution in [3.63, 3.8) is 0 Å². The standard InChI is InChI=1S/C12H10Cl2N2OS/c1-11(6-12(11,13)14)9(17)16-10-15-7-4-2-3-5-8(7)18-10/h2-5H,6H2,1H3,(H,15,16,17). The van der Waals surface area contributed by atoms with Crippen molar-refractivity contribution in [2.24, 2.45) is 5.41 Å². The molecule has 2 aromatic rings. The average molecular weight is 301 g/mol. The molecule has 18 heavy (non-hydrogen) atoms. The summed E-state index contributed by atoms with van der Waals surface area (Å²) < 4.78 is 0.0880. The Balaban J connectivity index is 1.83. The number of nitrogens with one attached hydrogen (secondary N) is 1. The Bertz CT molecular complexity index is 607. The molecule has 94 valence electrons. The maximum atomic E-state index is 12.1. The van der Waals surface area contributed by atoms with E-state index < -0.39 is 9.75 Å². The fraction of sp³-hybridized carbons (Fsp3) is 0.333. The first kappa shape index (κ1) is 12.2. The quantitative estimate of drug-likeness (QED) is 0.857. The van der Waals surface area contributed by atoms with Gasteiger partial charge in [0.2, 0.25) is 5.91 Å². The lowest BCUT2D eigenvalue weighted by atomic mass is 10.1. The zero-order valence-corrected chi connectivity index (χ0v) is 11.9. The van der Waals surface area contributed by atoms with Crippen LogP contribution in [0.4, 0.5) is 5.13 Å². The molecule has 1 unspecified atom stereocenters. The van der Waals surface area contributed by atoms with E-state index in [0.717, 1.165) is 10.2 Å². The van der Waals surface area contributed by atoms with Gasteiger partial charge in [-0.3, -0.25) is 4.79 Å². The topological polar surface area (TPSA) is 42.0 Å². The van der Waals surface area contributed by atoms with Crippen molar-refractivity contribution in [2.45, 2.75) is 17.7 Å². The van der Waals surface area contributed by atoms with Crippen molar-refractivity contribution in [1.82, 2.24) is 4.98 Å². The van der Waals surface area contributed by atoms with E-state index in [1.807, 2.05) is 24.3 Å². The van der Waals surface area contributed by atoms with Gasteiger partial charge in [-0.25, -0.2) is 4.98 Å². The van der Waals surface area contributed by atoms with Crippen molar-refractivity contribution in [3.05, 3.63) is 24.3 Å². The van der Waals surface area contributed by atoms with Crippen LogP contribution in [0, 0.1) is 5.41 Å². The number of hydrogen-bond donors (Lipinski definition) is 1. The highest BCUT2D eigenvalue weighted by molar-refractivity contribution is 7.22. The molecule has 0 radical (unpaired) electrons. The highest BCUT2D eigenvalue weighted by atomic mass is 35.5. The van der Waals surface area contributed by atoms with Gasteiger partial charge < -0.3 is 5.32 Å². The van der Waals surface area contributed by atoms with Crippen LogP contribution < -0.4 is 5.32 Å². The largest absolute Gasteiger partial charge is 0.301 e.